The van der Waals surface area contributed by atoms with E-state index in [9.17, 15) is 19.1 Å². The van der Waals surface area contributed by atoms with E-state index in [4.69, 9.17) is 4.74 Å². The Morgan fingerprint density at radius 1 is 1.19 bits per heavy atom. The molecule has 47 heavy (non-hydrogen) atoms. The lowest BCUT2D eigenvalue weighted by Crippen LogP contribution is -2.61. The highest BCUT2D eigenvalue weighted by molar-refractivity contribution is 5.97. The first-order chi connectivity index (χ1) is 22.3. The minimum Gasteiger partial charge on any atom is -0.434 e. The smallest absolute Gasteiger partial charge is 0.282 e. The van der Waals surface area contributed by atoms with E-state index in [0.29, 0.717) is 18.3 Å². The van der Waals surface area contributed by atoms with Crippen LogP contribution in [-0.4, -0.2) is 98.4 Å². The van der Waals surface area contributed by atoms with E-state index >= 15 is 0 Å². The number of piperidine rings is 1. The normalized spacial score (nSPS) is 26.0. The third kappa shape index (κ3) is 6.95. The Kier molecular flexibility index (Phi) is 9.21. The van der Waals surface area contributed by atoms with Crippen LogP contribution in [0.3, 0.4) is 0 Å². The summed E-state index contributed by atoms with van der Waals surface area (Å²) >= 11 is 0. The van der Waals surface area contributed by atoms with Gasteiger partial charge in [0.15, 0.2) is 5.82 Å². The standard InChI is InChI=1S/C35H50FN7O4/c1-6-43(23(2)3)32(45)26-17-25(36)7-8-28(26)47-31-29(37-22-38-40-31)42-20-34(21-42)13-15-41(16-14-34)19-24-9-11-35(12-10-24)18-27(30(44)39-35)33(4,5)46/h7-8,17,22-24,27,46H,6,9-16,18-21H2,1-5H3,(H,39,44). The zero-order valence-corrected chi connectivity index (χ0v) is 28.5. The van der Waals surface area contributed by atoms with Crippen LogP contribution in [0.15, 0.2) is 24.5 Å². The lowest BCUT2D eigenvalue weighted by atomic mass is 9.71. The van der Waals surface area contributed by atoms with E-state index in [-0.39, 0.29) is 51.9 Å². The molecule has 2 aromatic rings. The zero-order chi connectivity index (χ0) is 33.6. The van der Waals surface area contributed by atoms with E-state index in [2.05, 4.69) is 30.3 Å². The predicted molar refractivity (Wildman–Crippen MR) is 176 cm³/mol. The van der Waals surface area contributed by atoms with Crippen molar-refractivity contribution in [2.45, 2.75) is 96.7 Å². The minimum atomic E-state index is -0.986. The molecular weight excluding hydrogens is 601 g/mol. The second kappa shape index (κ2) is 12.9. The Labute approximate surface area is 277 Å². The highest BCUT2D eigenvalue weighted by Gasteiger charge is 2.51. The fourth-order valence-corrected chi connectivity index (χ4v) is 8.30. The van der Waals surface area contributed by atoms with Gasteiger partial charge in [-0.1, -0.05) is 0 Å². The molecule has 4 aliphatic rings. The molecule has 6 rings (SSSR count). The molecule has 2 amide bonds. The number of benzene rings is 1. The average Bonchev–Trinajstić information content (AvgIpc) is 3.35. The summed E-state index contributed by atoms with van der Waals surface area (Å²) in [5, 5.41) is 21.9. The molecule has 1 unspecified atom stereocenters. The highest BCUT2D eigenvalue weighted by atomic mass is 19.1. The molecule has 4 heterocycles. The van der Waals surface area contributed by atoms with Crippen molar-refractivity contribution in [1.29, 1.82) is 0 Å². The van der Waals surface area contributed by atoms with Crippen molar-refractivity contribution in [3.05, 3.63) is 35.9 Å². The maximum absolute atomic E-state index is 14.3. The number of halogens is 1. The number of nitrogens with zero attached hydrogens (tertiary/aromatic N) is 6. The maximum atomic E-state index is 14.3. The van der Waals surface area contributed by atoms with Gasteiger partial charge in [0.05, 0.1) is 17.1 Å². The fraction of sp³-hybridized carbons (Fsp3) is 0.686. The first-order valence-electron chi connectivity index (χ1n) is 17.3. The first kappa shape index (κ1) is 33.5. The van der Waals surface area contributed by atoms with Gasteiger partial charge in [-0.25, -0.2) is 9.37 Å². The largest absolute Gasteiger partial charge is 0.434 e. The van der Waals surface area contributed by atoms with Crippen molar-refractivity contribution in [2.24, 2.45) is 17.3 Å². The van der Waals surface area contributed by atoms with E-state index in [1.165, 1.54) is 24.5 Å². The van der Waals surface area contributed by atoms with Crippen LogP contribution in [0, 0.1) is 23.1 Å². The van der Waals surface area contributed by atoms with Crippen molar-refractivity contribution < 1.29 is 23.8 Å². The number of hydrogen-bond acceptors (Lipinski definition) is 9. The first-order valence-corrected chi connectivity index (χ1v) is 17.3. The second-order valence-electron chi connectivity index (χ2n) is 15.3. The number of aliphatic hydroxyl groups is 1. The Bertz CT molecular complexity index is 1460. The van der Waals surface area contributed by atoms with E-state index < -0.39 is 11.4 Å². The number of likely N-dealkylation sites (tertiary alicyclic amines) is 1. The van der Waals surface area contributed by atoms with Gasteiger partial charge in [0.25, 0.3) is 11.8 Å². The van der Waals surface area contributed by atoms with E-state index in [1.54, 1.807) is 18.7 Å². The Balaban J connectivity index is 1.02. The Hall–Kier alpha value is -3.38. The van der Waals surface area contributed by atoms with Crippen molar-refractivity contribution >= 4 is 17.6 Å². The molecule has 0 bridgehead atoms. The highest BCUT2D eigenvalue weighted by Crippen LogP contribution is 2.46. The number of rotatable bonds is 9. The lowest BCUT2D eigenvalue weighted by Gasteiger charge is -2.54. The molecule has 1 aromatic heterocycles. The molecule has 2 N–H and O–H groups in total. The molecule has 1 saturated carbocycles. The van der Waals surface area contributed by atoms with Gasteiger partial charge in [-0.3, -0.25) is 9.59 Å². The van der Waals surface area contributed by atoms with Gasteiger partial charge in [-0.15, -0.1) is 10.2 Å². The number of carbonyl (C=O) groups is 2. The molecule has 2 spiro atoms. The van der Waals surface area contributed by atoms with Gasteiger partial charge in [-0.05, 0) is 117 Å². The number of aromatic nitrogens is 3. The quantitative estimate of drug-likeness (QED) is 0.406. The van der Waals surface area contributed by atoms with Gasteiger partial charge < -0.3 is 29.9 Å². The molecule has 256 valence electrons. The van der Waals surface area contributed by atoms with Crippen LogP contribution < -0.4 is 15.0 Å². The van der Waals surface area contributed by atoms with Crippen LogP contribution >= 0.6 is 0 Å². The van der Waals surface area contributed by atoms with Gasteiger partial charge in [-0.2, -0.15) is 0 Å². The van der Waals surface area contributed by atoms with Crippen LogP contribution in [0.1, 0.15) is 89.9 Å². The molecule has 1 atom stereocenters. The summed E-state index contributed by atoms with van der Waals surface area (Å²) in [6.07, 6.45) is 8.54. The molecule has 3 saturated heterocycles. The van der Waals surface area contributed by atoms with Crippen LogP contribution in [0.5, 0.6) is 11.6 Å². The summed E-state index contributed by atoms with van der Waals surface area (Å²) in [6, 6.07) is 3.90. The van der Waals surface area contributed by atoms with Crippen LogP contribution in [0.4, 0.5) is 10.2 Å². The summed E-state index contributed by atoms with van der Waals surface area (Å²) in [4.78, 5) is 36.8. The van der Waals surface area contributed by atoms with Crippen LogP contribution in [0.2, 0.25) is 0 Å². The third-order valence-electron chi connectivity index (χ3n) is 11.2. The van der Waals surface area contributed by atoms with E-state index in [1.807, 2.05) is 20.8 Å². The summed E-state index contributed by atoms with van der Waals surface area (Å²) in [6.45, 7) is 14.6. The Morgan fingerprint density at radius 3 is 2.51 bits per heavy atom. The number of hydrogen-bond donors (Lipinski definition) is 2. The number of anilines is 1. The van der Waals surface area contributed by atoms with E-state index in [0.717, 1.165) is 77.7 Å². The predicted octanol–water partition coefficient (Wildman–Crippen LogP) is 4.41. The lowest BCUT2D eigenvalue weighted by molar-refractivity contribution is -0.129. The van der Waals surface area contributed by atoms with Gasteiger partial charge in [0.1, 0.15) is 17.9 Å². The fourth-order valence-electron chi connectivity index (χ4n) is 8.30. The van der Waals surface area contributed by atoms with Crippen molar-refractivity contribution in [2.75, 3.05) is 44.2 Å². The zero-order valence-electron chi connectivity index (χ0n) is 28.5. The number of ether oxygens (including phenoxy) is 1. The summed E-state index contributed by atoms with van der Waals surface area (Å²) in [5.41, 5.74) is -0.772. The van der Waals surface area contributed by atoms with Crippen LogP contribution in [-0.2, 0) is 4.79 Å². The number of amides is 2. The van der Waals surface area contributed by atoms with Crippen LogP contribution in [0.25, 0.3) is 0 Å². The summed E-state index contributed by atoms with van der Waals surface area (Å²) < 4.78 is 20.4. The molecular formula is C35H50FN7O4. The molecule has 1 aliphatic carbocycles. The monoisotopic (exact) mass is 651 g/mol. The SMILES string of the molecule is CCN(C(=O)c1cc(F)ccc1Oc1nncnc1N1CC2(CCN(CC3CCC4(CC3)CC(C(C)(C)O)C(=O)N4)CC2)C1)C(C)C. The minimum absolute atomic E-state index is 0.00325. The maximum Gasteiger partial charge on any atom is 0.282 e. The number of nitrogens with one attached hydrogen (secondary N) is 1. The second-order valence-corrected chi connectivity index (χ2v) is 15.3. The Morgan fingerprint density at radius 2 is 1.89 bits per heavy atom. The van der Waals surface area contributed by atoms with Crippen molar-refractivity contribution in [3.63, 3.8) is 0 Å². The van der Waals surface area contributed by atoms with Gasteiger partial charge in [0.2, 0.25) is 5.91 Å². The van der Waals surface area contributed by atoms with Gasteiger partial charge in [0, 0.05) is 43.2 Å². The average molecular weight is 652 g/mol. The third-order valence-corrected chi connectivity index (χ3v) is 11.2. The molecule has 1 aromatic carbocycles. The molecule has 11 nitrogen and oxygen atoms in total. The topological polar surface area (TPSA) is 124 Å². The summed E-state index contributed by atoms with van der Waals surface area (Å²) in [7, 11) is 0. The summed E-state index contributed by atoms with van der Waals surface area (Å²) in [5.74, 6) is 0.500. The molecule has 12 heteroatoms. The van der Waals surface area contributed by atoms with Crippen molar-refractivity contribution in [1.82, 2.24) is 30.3 Å². The van der Waals surface area contributed by atoms with Gasteiger partial charge >= 0.3 is 0 Å². The molecule has 0 radical (unpaired) electrons. The molecule has 3 aliphatic heterocycles. The van der Waals surface area contributed by atoms with Crippen molar-refractivity contribution in [3.8, 4) is 11.6 Å². The molecule has 4 fully saturated rings. The number of carbonyl (C=O) groups excluding carboxylic acids is 2.